The molecule has 1 rings (SSSR count). The van der Waals surface area contributed by atoms with Crippen LogP contribution in [0.3, 0.4) is 0 Å². The lowest BCUT2D eigenvalue weighted by Crippen LogP contribution is -2.22. The second-order valence-corrected chi connectivity index (χ2v) is 1.95. The number of hydrogen-bond donors (Lipinski definition) is 2. The van der Waals surface area contributed by atoms with Gasteiger partial charge in [-0.3, -0.25) is 0 Å². The predicted octanol–water partition coefficient (Wildman–Crippen LogP) is 0.0998. The van der Waals surface area contributed by atoms with Gasteiger partial charge in [0.2, 0.25) is 0 Å². The largest absolute Gasteiger partial charge is 0.378 e. The first kappa shape index (κ1) is 13.9. The molecule has 0 radical (unpaired) electrons. The van der Waals surface area contributed by atoms with Crippen LogP contribution in [-0.2, 0) is 4.74 Å². The number of nitrogens with zero attached hydrogens (tertiary/aromatic N) is 2. The van der Waals surface area contributed by atoms with Gasteiger partial charge in [-0.25, -0.2) is 0 Å². The fourth-order valence-corrected chi connectivity index (χ4v) is 0.354. The van der Waals surface area contributed by atoms with Crippen LogP contribution in [0.25, 0.3) is 0 Å². The summed E-state index contributed by atoms with van der Waals surface area (Å²) >= 11 is 0. The quantitative estimate of drug-likeness (QED) is 0.416. The fourth-order valence-electron chi connectivity index (χ4n) is 0.354. The molecule has 0 aromatic carbocycles. The molecule has 0 spiro atoms. The molecule has 0 aromatic rings. The van der Waals surface area contributed by atoms with E-state index < -0.39 is 10.2 Å². The molecular weight excluding hydrogens is 188 g/mol. The van der Waals surface area contributed by atoms with Gasteiger partial charge in [0.05, 0.1) is 6.10 Å². The van der Waals surface area contributed by atoms with E-state index in [4.69, 9.17) is 35.4 Å². The van der Waals surface area contributed by atoms with Gasteiger partial charge in [0.25, 0.3) is 10.2 Å². The molecule has 2 N–H and O–H groups in total. The Labute approximate surface area is 72.8 Å². The van der Waals surface area contributed by atoms with Crippen molar-refractivity contribution in [1.82, 2.24) is 0 Å². The molecule has 13 heavy (non-hydrogen) atoms. The van der Waals surface area contributed by atoms with Crippen molar-refractivity contribution in [2.24, 2.45) is 0 Å². The third kappa shape index (κ3) is 38.1. The van der Waals surface area contributed by atoms with E-state index in [1.165, 1.54) is 6.42 Å². The number of hydrogen-bond acceptors (Lipinski definition) is 5. The van der Waals surface area contributed by atoms with Gasteiger partial charge in [-0.05, 0) is 13.3 Å². The van der Waals surface area contributed by atoms with Gasteiger partial charge in [-0.15, -0.1) is 20.2 Å². The Balaban J connectivity index is 0. The summed E-state index contributed by atoms with van der Waals surface area (Å²) < 4.78 is 4.93. The van der Waals surface area contributed by atoms with Crippen molar-refractivity contribution in [3.8, 4) is 0 Å². The molecule has 0 saturated carbocycles. The van der Waals surface area contributed by atoms with Crippen molar-refractivity contribution in [3.05, 3.63) is 20.2 Å². The second-order valence-electron chi connectivity index (χ2n) is 1.95. The third-order valence-corrected chi connectivity index (χ3v) is 0.927. The molecule has 1 aliphatic heterocycles. The van der Waals surface area contributed by atoms with Crippen LogP contribution in [0.15, 0.2) is 0 Å². The van der Waals surface area contributed by atoms with Crippen LogP contribution >= 0.6 is 0 Å². The van der Waals surface area contributed by atoms with Gasteiger partial charge >= 0.3 is 0 Å². The summed E-state index contributed by atoms with van der Waals surface area (Å²) in [4.78, 5) is 16.7. The van der Waals surface area contributed by atoms with Crippen molar-refractivity contribution in [3.63, 3.8) is 0 Å². The molecule has 1 aliphatic rings. The van der Waals surface area contributed by atoms with Gasteiger partial charge in [-0.2, -0.15) is 0 Å². The van der Waals surface area contributed by atoms with Crippen LogP contribution in [0.5, 0.6) is 0 Å². The van der Waals surface area contributed by atoms with Gasteiger partial charge in [0.15, 0.2) is 0 Å². The number of rotatable bonds is 0. The Morgan fingerprint density at radius 2 is 1.46 bits per heavy atom. The molecule has 9 nitrogen and oxygen atoms in total. The average Bonchev–Trinajstić information content (AvgIpc) is 1.80. The molecule has 0 bridgehead atoms. The topological polar surface area (TPSA) is 136 Å². The molecule has 78 valence electrons. The molecule has 1 fully saturated rings. The van der Waals surface area contributed by atoms with E-state index in [0.717, 1.165) is 6.61 Å². The lowest BCUT2D eigenvalue weighted by molar-refractivity contribution is -0.742. The minimum absolute atomic E-state index is 0.565. The van der Waals surface area contributed by atoms with Crippen molar-refractivity contribution < 1.29 is 25.3 Å². The standard InChI is InChI=1S/C4H8O.2HNO3/c1-4-2-3-5-4;2*2-1(3)4/h4H,2-3H2,1H3;2*(H,2,3,4). The monoisotopic (exact) mass is 198 g/mol. The Morgan fingerprint density at radius 1 is 1.31 bits per heavy atom. The molecule has 1 heterocycles. The molecule has 1 atom stereocenters. The van der Waals surface area contributed by atoms with Crippen LogP contribution in [0.2, 0.25) is 0 Å². The van der Waals surface area contributed by atoms with E-state index >= 15 is 0 Å². The highest BCUT2D eigenvalue weighted by Gasteiger charge is 2.09. The first-order chi connectivity index (χ1) is 5.86. The predicted molar refractivity (Wildman–Crippen MR) is 37.6 cm³/mol. The molecule has 0 aliphatic carbocycles. The SMILES string of the molecule is CC1CCO1.O=[N+]([O-])O.O=[N+]([O-])O. The van der Waals surface area contributed by atoms with Gasteiger partial charge in [0, 0.05) is 6.61 Å². The summed E-state index contributed by atoms with van der Waals surface area (Å²) in [6.07, 6.45) is 1.83. The second kappa shape index (κ2) is 8.46. The van der Waals surface area contributed by atoms with E-state index in [2.05, 4.69) is 6.92 Å². The maximum atomic E-state index is 8.36. The fraction of sp³-hybridized carbons (Fsp3) is 1.00. The summed E-state index contributed by atoms with van der Waals surface area (Å²) in [5, 5.41) is 27.3. The van der Waals surface area contributed by atoms with Crippen molar-refractivity contribution in [2.75, 3.05) is 6.61 Å². The molecule has 0 aromatic heterocycles. The minimum atomic E-state index is -1.50. The smallest absolute Gasteiger partial charge is 0.291 e. The first-order valence-electron chi connectivity index (χ1n) is 3.14. The average molecular weight is 198 g/mol. The van der Waals surface area contributed by atoms with E-state index in [-0.39, 0.29) is 0 Å². The summed E-state index contributed by atoms with van der Waals surface area (Å²) in [6.45, 7) is 3.07. The van der Waals surface area contributed by atoms with E-state index in [1.54, 1.807) is 0 Å². The Bertz CT molecular complexity index is 137. The van der Waals surface area contributed by atoms with Crippen LogP contribution < -0.4 is 0 Å². The summed E-state index contributed by atoms with van der Waals surface area (Å²) in [6, 6.07) is 0. The molecular formula is C4H10N2O7. The van der Waals surface area contributed by atoms with Crippen LogP contribution in [-0.4, -0.2) is 33.3 Å². The maximum absolute atomic E-state index is 8.36. The summed E-state index contributed by atoms with van der Waals surface area (Å²) in [5.41, 5.74) is 0. The zero-order valence-corrected chi connectivity index (χ0v) is 6.82. The van der Waals surface area contributed by atoms with Gasteiger partial charge in [-0.1, -0.05) is 0 Å². The summed E-state index contributed by atoms with van der Waals surface area (Å²) in [5.74, 6) is 0. The molecule has 1 saturated heterocycles. The molecule has 0 amide bonds. The van der Waals surface area contributed by atoms with Gasteiger partial charge < -0.3 is 15.2 Å². The lowest BCUT2D eigenvalue weighted by atomic mass is 10.2. The van der Waals surface area contributed by atoms with Crippen molar-refractivity contribution >= 4 is 0 Å². The Morgan fingerprint density at radius 3 is 1.46 bits per heavy atom. The zero-order chi connectivity index (χ0) is 10.9. The summed E-state index contributed by atoms with van der Waals surface area (Å²) in [7, 11) is 0. The first-order valence-corrected chi connectivity index (χ1v) is 3.14. The maximum Gasteiger partial charge on any atom is 0.291 e. The normalized spacial score (nSPS) is 17.8. The minimum Gasteiger partial charge on any atom is -0.378 e. The van der Waals surface area contributed by atoms with Crippen LogP contribution in [0.4, 0.5) is 0 Å². The highest BCUT2D eigenvalue weighted by molar-refractivity contribution is 4.57. The lowest BCUT2D eigenvalue weighted by Gasteiger charge is -2.20. The Hall–Kier alpha value is -1.64. The van der Waals surface area contributed by atoms with Gasteiger partial charge in [0.1, 0.15) is 0 Å². The molecule has 9 heteroatoms. The Kier molecular flexibility index (Phi) is 9.05. The highest BCUT2D eigenvalue weighted by atomic mass is 16.9. The van der Waals surface area contributed by atoms with E-state index in [9.17, 15) is 0 Å². The highest BCUT2D eigenvalue weighted by Crippen LogP contribution is 2.07. The molecule has 1 unspecified atom stereocenters. The van der Waals surface area contributed by atoms with Crippen molar-refractivity contribution in [1.29, 1.82) is 0 Å². The zero-order valence-electron chi connectivity index (χ0n) is 6.82. The van der Waals surface area contributed by atoms with Crippen LogP contribution in [0, 0.1) is 20.2 Å². The number of ether oxygens (including phenoxy) is 1. The van der Waals surface area contributed by atoms with Crippen molar-refractivity contribution in [2.45, 2.75) is 19.4 Å². The van der Waals surface area contributed by atoms with Crippen LogP contribution in [0.1, 0.15) is 13.3 Å². The third-order valence-electron chi connectivity index (χ3n) is 0.927. The van der Waals surface area contributed by atoms with E-state index in [0.29, 0.717) is 6.10 Å². The van der Waals surface area contributed by atoms with E-state index in [1.807, 2.05) is 0 Å².